The monoisotopic (exact) mass is 1080 g/mol. The molecule has 1 aliphatic heterocycles. The minimum atomic E-state index is -1.51. The van der Waals surface area contributed by atoms with Gasteiger partial charge in [-0.2, -0.15) is 0 Å². The summed E-state index contributed by atoms with van der Waals surface area (Å²) in [6.07, 6.45) is -2.22. The molecule has 1 heterocycles. The van der Waals surface area contributed by atoms with Crippen molar-refractivity contribution >= 4 is 48.1 Å². The summed E-state index contributed by atoms with van der Waals surface area (Å²) in [6.45, 7) is 17.0. The third-order valence-corrected chi connectivity index (χ3v) is 11.1. The fourth-order valence-electron chi connectivity index (χ4n) is 7.64. The van der Waals surface area contributed by atoms with Crippen LogP contribution in [-0.2, 0) is 55.9 Å². The van der Waals surface area contributed by atoms with E-state index in [0.29, 0.717) is 35.1 Å². The van der Waals surface area contributed by atoms with E-state index in [1.54, 1.807) is 123 Å². The summed E-state index contributed by atoms with van der Waals surface area (Å²) in [7, 11) is 2.55. The fourth-order valence-corrected chi connectivity index (χ4v) is 7.64. The first-order chi connectivity index (χ1) is 36.1. The van der Waals surface area contributed by atoms with Crippen LogP contribution in [-0.4, -0.2) is 135 Å². The van der Waals surface area contributed by atoms with Gasteiger partial charge in [-0.15, -0.1) is 0 Å². The van der Waals surface area contributed by atoms with Gasteiger partial charge >= 0.3 is 30.3 Å². The number of hydrogen-bond donors (Lipinski definition) is 6. The van der Waals surface area contributed by atoms with Crippen LogP contribution in [0.5, 0.6) is 11.5 Å². The average molecular weight is 1080 g/mol. The Hall–Kier alpha value is -7.78. The molecule has 77 heavy (non-hydrogen) atoms. The summed E-state index contributed by atoms with van der Waals surface area (Å²) in [5, 5.41) is 16.1. The number of nitrogens with one attached hydrogen (secondary N) is 6. The molecular weight excluding hydrogens is 999 g/mol. The third-order valence-electron chi connectivity index (χ3n) is 11.1. The minimum absolute atomic E-state index is 0.00966. The molecule has 1 aliphatic rings. The van der Waals surface area contributed by atoms with Crippen LogP contribution in [0, 0.1) is 0 Å². The van der Waals surface area contributed by atoms with Crippen LogP contribution in [0.25, 0.3) is 11.1 Å². The zero-order valence-electron chi connectivity index (χ0n) is 46.3. The van der Waals surface area contributed by atoms with Crippen molar-refractivity contribution < 1.29 is 71.5 Å². The van der Waals surface area contributed by atoms with Crippen molar-refractivity contribution in [3.05, 3.63) is 83.4 Å². The van der Waals surface area contributed by atoms with Gasteiger partial charge in [0, 0.05) is 31.1 Å². The topological polar surface area (TPSA) is 277 Å². The van der Waals surface area contributed by atoms with E-state index < -0.39 is 89.0 Å². The molecule has 0 aliphatic carbocycles. The van der Waals surface area contributed by atoms with Crippen LogP contribution in [0.15, 0.2) is 66.7 Å². The first kappa shape index (κ1) is 61.8. The number of methoxy groups -OCH3 is 1. The van der Waals surface area contributed by atoms with Crippen molar-refractivity contribution in [2.24, 2.45) is 0 Å². The number of carbonyl (C=O) groups is 8. The van der Waals surface area contributed by atoms with E-state index in [9.17, 15) is 38.4 Å². The second kappa shape index (κ2) is 28.4. The standard InChI is InChI=1S/C55H77N7O15/c1-34-45(63)60-41(48(66)71-12)31-36-21-23-42(72-28-26-57-50(68)76-54(5,6)7)38(30-36)39-32-37(22-24-43(39)73-29-27-58-51(69)77-55(8,9)10)44(46(64)59-34)62(11)47(65)40(20-16-17-25-56-49(67)75-53(2,3)4)61-52(70)74-33-35-18-14-13-15-19-35/h13-15,18-19,21-24,30,32,34,40-41,44H,16-17,20,25-29,31,33H2,1-12H3,(H,56,67)(H,57,68)(H,58,69)(H,59,64)(H,60,63)(H,61,70)/t34-,40-,41-,44-/m0/s1. The highest BCUT2D eigenvalue weighted by atomic mass is 16.6. The van der Waals surface area contributed by atoms with E-state index in [1.807, 2.05) is 6.07 Å². The number of alkyl carbamates (subject to hydrolysis) is 4. The molecule has 0 saturated heterocycles. The summed E-state index contributed by atoms with van der Waals surface area (Å²) in [5.41, 5.74) is -0.0859. The Balaban J connectivity index is 1.84. The molecule has 0 unspecified atom stereocenters. The number of esters is 1. The van der Waals surface area contributed by atoms with E-state index >= 15 is 0 Å². The number of amides is 7. The zero-order valence-corrected chi connectivity index (χ0v) is 46.3. The molecule has 0 saturated carbocycles. The molecule has 4 bridgehead atoms. The van der Waals surface area contributed by atoms with Crippen LogP contribution in [0.1, 0.15) is 111 Å². The van der Waals surface area contributed by atoms with Gasteiger partial charge in [-0.3, -0.25) is 14.4 Å². The van der Waals surface area contributed by atoms with Crippen LogP contribution in [0.4, 0.5) is 19.2 Å². The smallest absolute Gasteiger partial charge is 0.408 e. The number of benzene rings is 3. The van der Waals surface area contributed by atoms with E-state index in [-0.39, 0.29) is 69.4 Å². The van der Waals surface area contributed by atoms with Crippen LogP contribution >= 0.6 is 0 Å². The molecular formula is C55H77N7O15. The summed E-state index contributed by atoms with van der Waals surface area (Å²) in [4.78, 5) is 109. The number of fused-ring (bicyclic) bond motifs is 5. The highest BCUT2D eigenvalue weighted by molar-refractivity contribution is 5.96. The Labute approximate surface area is 450 Å². The number of unbranched alkanes of at least 4 members (excludes halogenated alkanes) is 1. The van der Waals surface area contributed by atoms with Crippen molar-refractivity contribution in [2.75, 3.05) is 47.0 Å². The Bertz CT molecular complexity index is 2520. The van der Waals surface area contributed by atoms with Crippen molar-refractivity contribution in [3.8, 4) is 22.6 Å². The molecule has 0 spiro atoms. The van der Waals surface area contributed by atoms with Gasteiger partial charge in [0.2, 0.25) is 17.7 Å². The molecule has 422 valence electrons. The van der Waals surface area contributed by atoms with Crippen LogP contribution in [0.3, 0.4) is 0 Å². The molecule has 4 rings (SSSR count). The van der Waals surface area contributed by atoms with Gasteiger partial charge in [0.15, 0.2) is 0 Å². The van der Waals surface area contributed by atoms with Crippen molar-refractivity contribution in [2.45, 2.75) is 142 Å². The second-order valence-electron chi connectivity index (χ2n) is 21.2. The lowest BCUT2D eigenvalue weighted by Gasteiger charge is -2.32. The second-order valence-corrected chi connectivity index (χ2v) is 21.2. The highest BCUT2D eigenvalue weighted by Crippen LogP contribution is 2.40. The molecule has 3 aromatic carbocycles. The maximum absolute atomic E-state index is 15.0. The molecule has 0 radical (unpaired) electrons. The maximum atomic E-state index is 15.0. The normalized spacial score (nSPS) is 16.1. The molecule has 3 aromatic rings. The molecule has 0 aromatic heterocycles. The average Bonchev–Trinajstić information content (AvgIpc) is 3.33. The van der Waals surface area contributed by atoms with Gasteiger partial charge in [-0.1, -0.05) is 42.5 Å². The molecule has 6 N–H and O–H groups in total. The van der Waals surface area contributed by atoms with Crippen molar-refractivity contribution in [1.29, 1.82) is 0 Å². The fraction of sp³-hybridized carbons (Fsp3) is 0.527. The molecule has 22 heteroatoms. The summed E-state index contributed by atoms with van der Waals surface area (Å²) >= 11 is 0. The van der Waals surface area contributed by atoms with Gasteiger partial charge < -0.3 is 70.0 Å². The lowest BCUT2D eigenvalue weighted by atomic mass is 9.93. The quantitative estimate of drug-likeness (QED) is 0.0432. The Kier molecular flexibility index (Phi) is 22.8. The van der Waals surface area contributed by atoms with Crippen molar-refractivity contribution in [1.82, 2.24) is 36.8 Å². The van der Waals surface area contributed by atoms with Crippen LogP contribution in [0.2, 0.25) is 0 Å². The van der Waals surface area contributed by atoms with Crippen LogP contribution < -0.4 is 41.4 Å². The van der Waals surface area contributed by atoms with E-state index in [4.69, 9.17) is 33.2 Å². The van der Waals surface area contributed by atoms with E-state index in [1.165, 1.54) is 21.1 Å². The molecule has 22 nitrogen and oxygen atoms in total. The maximum Gasteiger partial charge on any atom is 0.408 e. The van der Waals surface area contributed by atoms with Gasteiger partial charge in [-0.05, 0) is 129 Å². The number of carbonyl (C=O) groups excluding carboxylic acids is 8. The first-order valence-corrected chi connectivity index (χ1v) is 25.5. The van der Waals surface area contributed by atoms with Crippen molar-refractivity contribution in [3.63, 3.8) is 0 Å². The number of nitrogens with zero attached hydrogens (tertiary/aromatic N) is 1. The largest absolute Gasteiger partial charge is 0.491 e. The van der Waals surface area contributed by atoms with Gasteiger partial charge in [0.1, 0.15) is 72.3 Å². The molecule has 4 atom stereocenters. The van der Waals surface area contributed by atoms with E-state index in [2.05, 4.69) is 31.9 Å². The lowest BCUT2D eigenvalue weighted by Crippen LogP contribution is -2.55. The number of likely N-dealkylation sites (N-methyl/N-ethyl adjacent to an activating group) is 1. The number of hydrogen-bond acceptors (Lipinski definition) is 15. The molecule has 7 amide bonds. The minimum Gasteiger partial charge on any atom is -0.491 e. The summed E-state index contributed by atoms with van der Waals surface area (Å²) < 4.78 is 39.3. The highest BCUT2D eigenvalue weighted by Gasteiger charge is 2.36. The predicted molar refractivity (Wildman–Crippen MR) is 284 cm³/mol. The summed E-state index contributed by atoms with van der Waals surface area (Å²) in [5.74, 6) is -2.54. The van der Waals surface area contributed by atoms with Gasteiger partial charge in [0.25, 0.3) is 0 Å². The Morgan fingerprint density at radius 3 is 1.74 bits per heavy atom. The van der Waals surface area contributed by atoms with Gasteiger partial charge in [0.05, 0.1) is 20.2 Å². The zero-order chi connectivity index (χ0) is 57.1. The third kappa shape index (κ3) is 21.4. The Morgan fingerprint density at radius 2 is 1.19 bits per heavy atom. The Morgan fingerprint density at radius 1 is 0.662 bits per heavy atom. The number of ether oxygens (including phenoxy) is 7. The SMILES string of the molecule is COC(=O)[C@@H]1Cc2ccc(OCCNC(=O)OC(C)(C)C)c(c2)-c2cc(ccc2OCCNC(=O)OC(C)(C)C)[C@H](N(C)C(=O)[C@H](CCCCNC(=O)OC(C)(C)C)NC(=O)OCc2ccccc2)C(=O)N[C@@H](C)C(=O)N1. The molecule has 0 fully saturated rings. The number of rotatable bonds is 19. The predicted octanol–water partition coefficient (Wildman–Crippen LogP) is 6.37. The van der Waals surface area contributed by atoms with Gasteiger partial charge in [-0.25, -0.2) is 24.0 Å². The lowest BCUT2D eigenvalue weighted by molar-refractivity contribution is -0.145. The summed E-state index contributed by atoms with van der Waals surface area (Å²) in [6, 6.07) is 13.4. The van der Waals surface area contributed by atoms with E-state index in [0.717, 1.165) is 4.90 Å². The first-order valence-electron chi connectivity index (χ1n) is 25.5.